The molecule has 3 heterocycles. The molecule has 1 saturated heterocycles. The molecule has 0 saturated carbocycles. The topological polar surface area (TPSA) is 55.5 Å². The Bertz CT molecular complexity index is 777. The predicted molar refractivity (Wildman–Crippen MR) is 96.3 cm³/mol. The molecular formula is C20H26N2O3. The fourth-order valence-corrected chi connectivity index (χ4v) is 3.48. The third kappa shape index (κ3) is 4.03. The summed E-state index contributed by atoms with van der Waals surface area (Å²) in [5.41, 5.74) is -0.0715. The number of furan rings is 1. The SMILES string of the molecule is CCc1ccc(C2CC(C)CCN2C(=O)CCn2ccccc2=O)o1. The fourth-order valence-electron chi connectivity index (χ4n) is 3.48. The molecule has 1 fully saturated rings. The van der Waals surface area contributed by atoms with E-state index in [-0.39, 0.29) is 17.5 Å². The van der Waals surface area contributed by atoms with Crippen LogP contribution in [0.4, 0.5) is 0 Å². The number of pyridine rings is 1. The van der Waals surface area contributed by atoms with Crippen LogP contribution in [0, 0.1) is 5.92 Å². The Balaban J connectivity index is 1.72. The fraction of sp³-hybridized carbons (Fsp3) is 0.500. The van der Waals surface area contributed by atoms with Gasteiger partial charge >= 0.3 is 0 Å². The molecule has 2 aromatic rings. The molecule has 1 aliphatic rings. The van der Waals surface area contributed by atoms with Crippen LogP contribution >= 0.6 is 0 Å². The van der Waals surface area contributed by atoms with Crippen molar-refractivity contribution in [2.75, 3.05) is 6.54 Å². The van der Waals surface area contributed by atoms with Gasteiger partial charge in [0, 0.05) is 38.2 Å². The van der Waals surface area contributed by atoms with E-state index in [1.165, 1.54) is 6.07 Å². The number of rotatable bonds is 5. The second-order valence-corrected chi connectivity index (χ2v) is 6.87. The first kappa shape index (κ1) is 17.5. The standard InChI is InChI=1S/C20H26N2O3/c1-3-16-7-8-18(25-16)17-14-15(2)9-13-22(17)20(24)10-12-21-11-5-4-6-19(21)23/h4-8,11,15,17H,3,9-10,12-14H2,1-2H3. The van der Waals surface area contributed by atoms with Gasteiger partial charge in [0.05, 0.1) is 6.04 Å². The lowest BCUT2D eigenvalue weighted by molar-refractivity contribution is -0.136. The maximum Gasteiger partial charge on any atom is 0.250 e. The molecule has 0 radical (unpaired) electrons. The lowest BCUT2D eigenvalue weighted by Crippen LogP contribution is -2.41. The average molecular weight is 342 g/mol. The van der Waals surface area contributed by atoms with Crippen molar-refractivity contribution in [2.24, 2.45) is 5.92 Å². The van der Waals surface area contributed by atoms with Crippen molar-refractivity contribution < 1.29 is 9.21 Å². The number of amides is 1. The molecule has 5 heteroatoms. The molecule has 1 amide bonds. The zero-order chi connectivity index (χ0) is 17.8. The minimum atomic E-state index is -0.0715. The first-order chi connectivity index (χ1) is 12.1. The molecule has 2 unspecified atom stereocenters. The normalized spacial score (nSPS) is 20.6. The van der Waals surface area contributed by atoms with Crippen LogP contribution in [0.3, 0.4) is 0 Å². The molecule has 1 aliphatic heterocycles. The summed E-state index contributed by atoms with van der Waals surface area (Å²) in [4.78, 5) is 26.6. The molecular weight excluding hydrogens is 316 g/mol. The van der Waals surface area contributed by atoms with E-state index in [0.717, 1.165) is 37.3 Å². The van der Waals surface area contributed by atoms with Gasteiger partial charge in [0.1, 0.15) is 11.5 Å². The van der Waals surface area contributed by atoms with Crippen LogP contribution in [0.25, 0.3) is 0 Å². The molecule has 134 valence electrons. The van der Waals surface area contributed by atoms with E-state index < -0.39 is 0 Å². The molecule has 0 aromatic carbocycles. The Morgan fingerprint density at radius 1 is 1.28 bits per heavy atom. The molecule has 0 bridgehead atoms. The molecule has 0 N–H and O–H groups in total. The van der Waals surface area contributed by atoms with Crippen LogP contribution in [-0.2, 0) is 17.8 Å². The molecule has 0 spiro atoms. The number of likely N-dealkylation sites (tertiary alicyclic amines) is 1. The van der Waals surface area contributed by atoms with Crippen molar-refractivity contribution in [1.82, 2.24) is 9.47 Å². The average Bonchev–Trinajstić information content (AvgIpc) is 3.10. The van der Waals surface area contributed by atoms with Crippen LogP contribution in [0.5, 0.6) is 0 Å². The molecule has 5 nitrogen and oxygen atoms in total. The van der Waals surface area contributed by atoms with Crippen molar-refractivity contribution in [2.45, 2.75) is 52.1 Å². The summed E-state index contributed by atoms with van der Waals surface area (Å²) >= 11 is 0. The number of aryl methyl sites for hydroxylation is 2. The van der Waals surface area contributed by atoms with Gasteiger partial charge in [-0.3, -0.25) is 9.59 Å². The Morgan fingerprint density at radius 3 is 2.84 bits per heavy atom. The van der Waals surface area contributed by atoms with Crippen LogP contribution < -0.4 is 5.56 Å². The van der Waals surface area contributed by atoms with Gasteiger partial charge in [-0.2, -0.15) is 0 Å². The maximum atomic E-state index is 12.8. The van der Waals surface area contributed by atoms with Crippen LogP contribution in [0.2, 0.25) is 0 Å². The van der Waals surface area contributed by atoms with Gasteiger partial charge in [-0.15, -0.1) is 0 Å². The van der Waals surface area contributed by atoms with Crippen molar-refractivity contribution >= 4 is 5.91 Å². The quantitative estimate of drug-likeness (QED) is 0.837. The van der Waals surface area contributed by atoms with Gasteiger partial charge in [0.15, 0.2) is 0 Å². The van der Waals surface area contributed by atoms with Crippen molar-refractivity contribution in [3.05, 3.63) is 58.4 Å². The third-order valence-electron chi connectivity index (χ3n) is 5.01. The van der Waals surface area contributed by atoms with E-state index >= 15 is 0 Å². The number of carbonyl (C=O) groups excluding carboxylic acids is 1. The predicted octanol–water partition coefficient (Wildman–Crippen LogP) is 3.39. The molecule has 0 aliphatic carbocycles. The van der Waals surface area contributed by atoms with Crippen molar-refractivity contribution in [1.29, 1.82) is 0 Å². The first-order valence-electron chi connectivity index (χ1n) is 9.12. The van der Waals surface area contributed by atoms with Gasteiger partial charge in [0.2, 0.25) is 5.91 Å². The zero-order valence-corrected chi connectivity index (χ0v) is 15.0. The Morgan fingerprint density at radius 2 is 2.12 bits per heavy atom. The Kier molecular flexibility index (Phi) is 5.41. The van der Waals surface area contributed by atoms with E-state index in [0.29, 0.717) is 18.9 Å². The van der Waals surface area contributed by atoms with E-state index in [1.54, 1.807) is 16.8 Å². The summed E-state index contributed by atoms with van der Waals surface area (Å²) in [6, 6.07) is 9.05. The van der Waals surface area contributed by atoms with Crippen LogP contribution in [0.1, 0.15) is 50.7 Å². The van der Waals surface area contributed by atoms with E-state index in [1.807, 2.05) is 23.1 Å². The second kappa shape index (κ2) is 7.72. The molecule has 2 atom stereocenters. The van der Waals surface area contributed by atoms with Crippen LogP contribution in [-0.4, -0.2) is 21.9 Å². The van der Waals surface area contributed by atoms with E-state index in [9.17, 15) is 9.59 Å². The highest BCUT2D eigenvalue weighted by molar-refractivity contribution is 5.76. The Labute approximate surface area is 148 Å². The monoisotopic (exact) mass is 342 g/mol. The van der Waals surface area contributed by atoms with Gasteiger partial charge in [-0.05, 0) is 37.0 Å². The lowest BCUT2D eigenvalue weighted by atomic mass is 9.91. The highest BCUT2D eigenvalue weighted by atomic mass is 16.3. The van der Waals surface area contributed by atoms with Crippen LogP contribution in [0.15, 0.2) is 45.7 Å². The van der Waals surface area contributed by atoms with Crippen molar-refractivity contribution in [3.8, 4) is 0 Å². The zero-order valence-electron chi connectivity index (χ0n) is 15.0. The second-order valence-electron chi connectivity index (χ2n) is 6.87. The number of aromatic nitrogens is 1. The van der Waals surface area contributed by atoms with E-state index in [4.69, 9.17) is 4.42 Å². The summed E-state index contributed by atoms with van der Waals surface area (Å²) in [5, 5.41) is 0. The molecule has 25 heavy (non-hydrogen) atoms. The smallest absolute Gasteiger partial charge is 0.250 e. The third-order valence-corrected chi connectivity index (χ3v) is 5.01. The number of nitrogens with zero attached hydrogens (tertiary/aromatic N) is 2. The summed E-state index contributed by atoms with van der Waals surface area (Å²) in [5.74, 6) is 2.49. The highest BCUT2D eigenvalue weighted by Crippen LogP contribution is 2.35. The first-order valence-corrected chi connectivity index (χ1v) is 9.12. The van der Waals surface area contributed by atoms with Gasteiger partial charge in [0.25, 0.3) is 5.56 Å². The van der Waals surface area contributed by atoms with E-state index in [2.05, 4.69) is 13.8 Å². The Hall–Kier alpha value is -2.30. The minimum absolute atomic E-state index is 0.00375. The van der Waals surface area contributed by atoms with Gasteiger partial charge in [-0.25, -0.2) is 0 Å². The number of hydrogen-bond acceptors (Lipinski definition) is 3. The molecule has 3 rings (SSSR count). The number of hydrogen-bond donors (Lipinski definition) is 0. The van der Waals surface area contributed by atoms with Crippen molar-refractivity contribution in [3.63, 3.8) is 0 Å². The summed E-state index contributed by atoms with van der Waals surface area (Å²) < 4.78 is 7.52. The lowest BCUT2D eigenvalue weighted by Gasteiger charge is -2.37. The summed E-state index contributed by atoms with van der Waals surface area (Å²) in [6.45, 7) is 5.45. The highest BCUT2D eigenvalue weighted by Gasteiger charge is 2.32. The largest absolute Gasteiger partial charge is 0.464 e. The number of carbonyl (C=O) groups is 1. The van der Waals surface area contributed by atoms with Gasteiger partial charge in [-0.1, -0.05) is 19.9 Å². The maximum absolute atomic E-state index is 12.8. The minimum Gasteiger partial charge on any atom is -0.464 e. The van der Waals surface area contributed by atoms with Gasteiger partial charge < -0.3 is 13.9 Å². The number of piperidine rings is 1. The summed E-state index contributed by atoms with van der Waals surface area (Å²) in [7, 11) is 0. The summed E-state index contributed by atoms with van der Waals surface area (Å²) in [6.07, 6.45) is 4.84. The molecule has 2 aromatic heterocycles.